The Kier molecular flexibility index (Phi) is 4.05. The number of hydrogen-bond acceptors (Lipinski definition) is 1. The minimum absolute atomic E-state index is 0.115. The molecule has 0 atom stereocenters. The van der Waals surface area contributed by atoms with Gasteiger partial charge in [-0.3, -0.25) is 4.79 Å². The molecule has 0 fully saturated rings. The number of nitrogens with zero attached hydrogens (tertiary/aromatic N) is 2. The van der Waals surface area contributed by atoms with E-state index in [-0.39, 0.29) is 5.91 Å². The van der Waals surface area contributed by atoms with E-state index in [2.05, 4.69) is 30.1 Å². The lowest BCUT2D eigenvalue weighted by Gasteiger charge is -2.20. The highest BCUT2D eigenvalue weighted by atomic mass is 16.2. The molecule has 1 N–H and O–H groups in total. The molecule has 0 radical (unpaired) electrons. The van der Waals surface area contributed by atoms with Crippen LogP contribution in [0, 0.1) is 6.92 Å². The topological polar surface area (TPSA) is 41.0 Å². The number of benzene rings is 2. The van der Waals surface area contributed by atoms with E-state index in [1.54, 1.807) is 0 Å². The fourth-order valence-electron chi connectivity index (χ4n) is 4.19. The van der Waals surface area contributed by atoms with Crippen molar-refractivity contribution in [3.05, 3.63) is 89.4 Å². The average molecular weight is 369 g/mol. The molecule has 3 heterocycles. The van der Waals surface area contributed by atoms with Crippen molar-refractivity contribution in [2.24, 2.45) is 0 Å². The highest BCUT2D eigenvalue weighted by molar-refractivity contribution is 5.94. The molecule has 4 aromatic rings. The van der Waals surface area contributed by atoms with Gasteiger partial charge in [0.05, 0.1) is 0 Å². The van der Waals surface area contributed by atoms with Gasteiger partial charge in [0, 0.05) is 59.8 Å². The maximum Gasteiger partial charge on any atom is 0.253 e. The Morgan fingerprint density at radius 1 is 0.964 bits per heavy atom. The zero-order chi connectivity index (χ0) is 19.1. The van der Waals surface area contributed by atoms with E-state index in [1.807, 2.05) is 58.3 Å². The third-order valence-electron chi connectivity index (χ3n) is 5.72. The number of carbonyl (C=O) groups excluding carboxylic acids is 1. The zero-order valence-electron chi connectivity index (χ0n) is 16.0. The van der Waals surface area contributed by atoms with Gasteiger partial charge in [0.15, 0.2) is 0 Å². The second-order valence-corrected chi connectivity index (χ2v) is 7.56. The number of H-pyrrole nitrogens is 1. The van der Waals surface area contributed by atoms with Gasteiger partial charge in [-0.25, -0.2) is 0 Å². The monoisotopic (exact) mass is 369 g/mol. The first-order valence-electron chi connectivity index (χ1n) is 9.82. The molecule has 5 rings (SSSR count). The van der Waals surface area contributed by atoms with Crippen molar-refractivity contribution < 1.29 is 4.79 Å². The Labute approximate surface area is 164 Å². The summed E-state index contributed by atoms with van der Waals surface area (Å²) < 4.78 is 2.04. The predicted molar refractivity (Wildman–Crippen MR) is 112 cm³/mol. The molecule has 0 saturated heterocycles. The third kappa shape index (κ3) is 2.91. The number of nitrogens with one attached hydrogen (secondary N) is 1. The Hall–Kier alpha value is -3.27. The molecule has 0 unspecified atom stereocenters. The Morgan fingerprint density at radius 3 is 2.50 bits per heavy atom. The number of aromatic nitrogens is 2. The maximum atomic E-state index is 13.0. The van der Waals surface area contributed by atoms with Gasteiger partial charge in [0.2, 0.25) is 0 Å². The largest absolute Gasteiger partial charge is 0.358 e. The van der Waals surface area contributed by atoms with Crippen LogP contribution in [0.25, 0.3) is 16.6 Å². The molecule has 4 heteroatoms. The van der Waals surface area contributed by atoms with E-state index < -0.39 is 0 Å². The van der Waals surface area contributed by atoms with Crippen LogP contribution in [-0.4, -0.2) is 33.4 Å². The predicted octanol–water partition coefficient (Wildman–Crippen LogP) is 4.51. The quantitative estimate of drug-likeness (QED) is 0.555. The van der Waals surface area contributed by atoms with E-state index in [4.69, 9.17) is 0 Å². The van der Waals surface area contributed by atoms with Crippen LogP contribution in [0.5, 0.6) is 0 Å². The summed E-state index contributed by atoms with van der Waals surface area (Å²) >= 11 is 0. The number of rotatable bonds is 2. The Bertz CT molecular complexity index is 1140. The molecule has 4 nitrogen and oxygen atoms in total. The van der Waals surface area contributed by atoms with Gasteiger partial charge in [-0.1, -0.05) is 11.6 Å². The maximum absolute atomic E-state index is 13.0. The molecule has 1 amide bonds. The molecule has 0 saturated carbocycles. The lowest BCUT2D eigenvalue weighted by Crippen LogP contribution is -2.33. The molecule has 1 aliphatic heterocycles. The molecule has 140 valence electrons. The molecular formula is C24H23N3O. The fourth-order valence-corrected chi connectivity index (χ4v) is 4.19. The lowest BCUT2D eigenvalue weighted by molar-refractivity contribution is 0.0763. The lowest BCUT2D eigenvalue weighted by atomic mass is 10.1. The van der Waals surface area contributed by atoms with Crippen LogP contribution < -0.4 is 0 Å². The van der Waals surface area contributed by atoms with Crippen molar-refractivity contribution in [2.45, 2.75) is 19.8 Å². The number of carbonyl (C=O) groups is 1. The van der Waals surface area contributed by atoms with Gasteiger partial charge in [0.25, 0.3) is 5.91 Å². The van der Waals surface area contributed by atoms with E-state index in [9.17, 15) is 4.79 Å². The summed E-state index contributed by atoms with van der Waals surface area (Å²) in [4.78, 5) is 18.6. The molecule has 2 aromatic carbocycles. The third-order valence-corrected chi connectivity index (χ3v) is 5.72. The van der Waals surface area contributed by atoms with E-state index in [1.165, 1.54) is 27.7 Å². The molecule has 0 aliphatic carbocycles. The minimum Gasteiger partial charge on any atom is -0.358 e. The zero-order valence-corrected chi connectivity index (χ0v) is 16.0. The SMILES string of the molecule is Cc1ccc2[nH]c3c(c2c1)CCN(C(=O)c1ccc(-n2cccc2)cc1)CC3. The standard InChI is InChI=1S/C24H23N3O/c1-17-4-9-22-21(16-17)20-10-14-27(15-11-23(20)25-22)24(28)18-5-7-19(8-6-18)26-12-2-3-13-26/h2-9,12-13,16,25H,10-11,14-15H2,1H3. The highest BCUT2D eigenvalue weighted by Gasteiger charge is 2.22. The van der Waals surface area contributed by atoms with E-state index >= 15 is 0 Å². The van der Waals surface area contributed by atoms with Gasteiger partial charge in [-0.15, -0.1) is 0 Å². The summed E-state index contributed by atoms with van der Waals surface area (Å²) in [5.74, 6) is 0.115. The van der Waals surface area contributed by atoms with Crippen molar-refractivity contribution in [2.75, 3.05) is 13.1 Å². The average Bonchev–Trinajstić information content (AvgIpc) is 3.31. The smallest absolute Gasteiger partial charge is 0.253 e. The normalized spacial score (nSPS) is 14.1. The van der Waals surface area contributed by atoms with Crippen molar-refractivity contribution in [3.8, 4) is 5.69 Å². The molecule has 28 heavy (non-hydrogen) atoms. The van der Waals surface area contributed by atoms with Crippen molar-refractivity contribution in [1.29, 1.82) is 0 Å². The summed E-state index contributed by atoms with van der Waals surface area (Å²) in [5.41, 5.74) is 6.94. The Morgan fingerprint density at radius 2 is 1.71 bits per heavy atom. The first kappa shape index (κ1) is 16.9. The molecule has 1 aliphatic rings. The molecule has 0 bridgehead atoms. The number of fused-ring (bicyclic) bond motifs is 3. The van der Waals surface area contributed by atoms with E-state index in [0.717, 1.165) is 37.2 Å². The summed E-state index contributed by atoms with van der Waals surface area (Å²) in [7, 11) is 0. The number of aromatic amines is 1. The Balaban J connectivity index is 1.36. The molecule has 0 spiro atoms. The number of amides is 1. The van der Waals surface area contributed by atoms with Gasteiger partial charge in [-0.05, 0) is 67.4 Å². The number of hydrogen-bond donors (Lipinski definition) is 1. The van der Waals surface area contributed by atoms with Gasteiger partial charge in [0.1, 0.15) is 0 Å². The van der Waals surface area contributed by atoms with Crippen LogP contribution >= 0.6 is 0 Å². The van der Waals surface area contributed by atoms with Gasteiger partial charge >= 0.3 is 0 Å². The minimum atomic E-state index is 0.115. The molecule has 2 aromatic heterocycles. The summed E-state index contributed by atoms with van der Waals surface area (Å²) in [6.45, 7) is 3.63. The summed E-state index contributed by atoms with van der Waals surface area (Å²) in [5, 5.41) is 1.31. The summed E-state index contributed by atoms with van der Waals surface area (Å²) in [6.07, 6.45) is 5.78. The van der Waals surface area contributed by atoms with Crippen LogP contribution in [0.4, 0.5) is 0 Å². The van der Waals surface area contributed by atoms with Crippen LogP contribution in [0.3, 0.4) is 0 Å². The van der Waals surface area contributed by atoms with E-state index in [0.29, 0.717) is 0 Å². The van der Waals surface area contributed by atoms with Gasteiger partial charge in [-0.2, -0.15) is 0 Å². The molecular weight excluding hydrogens is 346 g/mol. The second kappa shape index (κ2) is 6.71. The van der Waals surface area contributed by atoms with Crippen LogP contribution in [-0.2, 0) is 12.8 Å². The van der Waals surface area contributed by atoms with Crippen molar-refractivity contribution >= 4 is 16.8 Å². The first-order valence-corrected chi connectivity index (χ1v) is 9.82. The van der Waals surface area contributed by atoms with Gasteiger partial charge < -0.3 is 14.5 Å². The highest BCUT2D eigenvalue weighted by Crippen LogP contribution is 2.27. The van der Waals surface area contributed by atoms with Crippen LogP contribution in [0.15, 0.2) is 67.0 Å². The first-order chi connectivity index (χ1) is 13.7. The summed E-state index contributed by atoms with van der Waals surface area (Å²) in [6, 6.07) is 18.4. The number of aryl methyl sites for hydroxylation is 1. The van der Waals surface area contributed by atoms with Crippen LogP contribution in [0.2, 0.25) is 0 Å². The van der Waals surface area contributed by atoms with Crippen molar-refractivity contribution in [1.82, 2.24) is 14.5 Å². The van der Waals surface area contributed by atoms with Crippen LogP contribution in [0.1, 0.15) is 27.2 Å². The second-order valence-electron chi connectivity index (χ2n) is 7.56. The fraction of sp³-hybridized carbons (Fsp3) is 0.208. The van der Waals surface area contributed by atoms with Crippen molar-refractivity contribution in [3.63, 3.8) is 0 Å².